The largest absolute Gasteiger partial charge is 0.378 e. The van der Waals surface area contributed by atoms with Gasteiger partial charge in [0.1, 0.15) is 5.69 Å². The van der Waals surface area contributed by atoms with E-state index in [0.29, 0.717) is 48.3 Å². The zero-order valence-corrected chi connectivity index (χ0v) is 15.1. The average Bonchev–Trinajstić information content (AvgIpc) is 2.64. The maximum absolute atomic E-state index is 12.3. The highest BCUT2D eigenvalue weighted by Gasteiger charge is 2.22. The van der Waals surface area contributed by atoms with Crippen LogP contribution in [0.15, 0.2) is 36.4 Å². The van der Waals surface area contributed by atoms with Crippen LogP contribution < -0.4 is 10.2 Å². The molecule has 9 heteroatoms. The molecule has 0 radical (unpaired) electrons. The Hall–Kier alpha value is -2.35. The highest BCUT2D eigenvalue weighted by Crippen LogP contribution is 2.32. The Morgan fingerprint density at radius 2 is 1.85 bits per heavy atom. The van der Waals surface area contributed by atoms with Crippen molar-refractivity contribution < 1.29 is 14.5 Å². The van der Waals surface area contributed by atoms with Crippen LogP contribution in [0.4, 0.5) is 17.1 Å². The highest BCUT2D eigenvalue weighted by molar-refractivity contribution is 6.42. The van der Waals surface area contributed by atoms with Crippen molar-refractivity contribution in [3.8, 4) is 0 Å². The van der Waals surface area contributed by atoms with Crippen LogP contribution in [0.3, 0.4) is 0 Å². The molecule has 0 spiro atoms. The van der Waals surface area contributed by atoms with Gasteiger partial charge in [-0.3, -0.25) is 14.9 Å². The number of carbonyl (C=O) groups excluding carboxylic acids is 1. The van der Waals surface area contributed by atoms with Gasteiger partial charge < -0.3 is 15.0 Å². The second-order valence-electron chi connectivity index (χ2n) is 5.64. The van der Waals surface area contributed by atoms with E-state index in [-0.39, 0.29) is 10.7 Å². The van der Waals surface area contributed by atoms with E-state index in [1.165, 1.54) is 24.3 Å². The number of nitrogens with zero attached hydrogens (tertiary/aromatic N) is 2. The lowest BCUT2D eigenvalue weighted by molar-refractivity contribution is -0.384. The third kappa shape index (κ3) is 4.07. The first-order valence-electron chi connectivity index (χ1n) is 7.83. The molecular weight excluding hydrogens is 381 g/mol. The third-order valence-corrected chi connectivity index (χ3v) is 4.70. The standard InChI is InChI=1S/C17H15Cl2N3O4/c18-13-3-1-11(9-14(13)19)17(23)20-12-2-4-15(16(10-12)22(24)25)21-5-7-26-8-6-21/h1-4,9-10H,5-8H2,(H,20,23). The summed E-state index contributed by atoms with van der Waals surface area (Å²) in [5, 5.41) is 14.7. The van der Waals surface area contributed by atoms with Crippen molar-refractivity contribution >= 4 is 46.2 Å². The van der Waals surface area contributed by atoms with Gasteiger partial charge in [0, 0.05) is 30.4 Å². The monoisotopic (exact) mass is 395 g/mol. The third-order valence-electron chi connectivity index (χ3n) is 3.96. The van der Waals surface area contributed by atoms with Crippen molar-refractivity contribution in [2.45, 2.75) is 0 Å². The van der Waals surface area contributed by atoms with Gasteiger partial charge >= 0.3 is 0 Å². The quantitative estimate of drug-likeness (QED) is 0.624. The predicted octanol–water partition coefficient (Wildman–Crippen LogP) is 3.99. The number of hydrogen-bond donors (Lipinski definition) is 1. The summed E-state index contributed by atoms with van der Waals surface area (Å²) in [6.45, 7) is 2.20. The van der Waals surface area contributed by atoms with Crippen molar-refractivity contribution in [2.24, 2.45) is 0 Å². The average molecular weight is 396 g/mol. The van der Waals surface area contributed by atoms with Crippen LogP contribution in [-0.4, -0.2) is 37.1 Å². The normalized spacial score (nSPS) is 14.2. The van der Waals surface area contributed by atoms with Crippen LogP contribution in [0.1, 0.15) is 10.4 Å². The van der Waals surface area contributed by atoms with E-state index in [9.17, 15) is 14.9 Å². The zero-order valence-electron chi connectivity index (χ0n) is 13.6. The molecule has 1 heterocycles. The molecule has 1 fully saturated rings. The minimum Gasteiger partial charge on any atom is -0.378 e. The summed E-state index contributed by atoms with van der Waals surface area (Å²) >= 11 is 11.8. The Kier molecular flexibility index (Phi) is 5.61. The number of amides is 1. The van der Waals surface area contributed by atoms with Crippen molar-refractivity contribution in [1.82, 2.24) is 0 Å². The molecule has 26 heavy (non-hydrogen) atoms. The predicted molar refractivity (Wildman–Crippen MR) is 101 cm³/mol. The van der Waals surface area contributed by atoms with Crippen LogP contribution in [0.25, 0.3) is 0 Å². The number of nitrogens with one attached hydrogen (secondary N) is 1. The lowest BCUT2D eigenvalue weighted by atomic mass is 10.2. The van der Waals surface area contributed by atoms with Crippen LogP contribution in [0, 0.1) is 10.1 Å². The van der Waals surface area contributed by atoms with Gasteiger partial charge in [-0.2, -0.15) is 0 Å². The van der Waals surface area contributed by atoms with Crippen molar-refractivity contribution in [3.63, 3.8) is 0 Å². The number of morpholine rings is 1. The molecule has 7 nitrogen and oxygen atoms in total. The van der Waals surface area contributed by atoms with Gasteiger partial charge in [0.05, 0.1) is 28.2 Å². The smallest absolute Gasteiger partial charge is 0.294 e. The second kappa shape index (κ2) is 7.90. The van der Waals surface area contributed by atoms with E-state index in [2.05, 4.69) is 5.32 Å². The number of carbonyl (C=O) groups is 1. The fraction of sp³-hybridized carbons (Fsp3) is 0.235. The lowest BCUT2D eigenvalue weighted by Gasteiger charge is -2.28. The Balaban J connectivity index is 1.83. The maximum atomic E-state index is 12.3. The maximum Gasteiger partial charge on any atom is 0.294 e. The highest BCUT2D eigenvalue weighted by atomic mass is 35.5. The summed E-state index contributed by atoms with van der Waals surface area (Å²) in [5.74, 6) is -0.433. The molecule has 0 saturated carbocycles. The van der Waals surface area contributed by atoms with Crippen LogP contribution in [-0.2, 0) is 4.74 Å². The minimum atomic E-state index is -0.459. The summed E-state index contributed by atoms with van der Waals surface area (Å²) < 4.78 is 5.28. The number of nitro groups is 1. The number of halogens is 2. The summed E-state index contributed by atoms with van der Waals surface area (Å²) in [6.07, 6.45) is 0. The molecule has 1 N–H and O–H groups in total. The van der Waals surface area contributed by atoms with Crippen molar-refractivity contribution in [2.75, 3.05) is 36.5 Å². The number of ether oxygens (including phenoxy) is 1. The molecular formula is C17H15Cl2N3O4. The SMILES string of the molecule is O=C(Nc1ccc(N2CCOCC2)c([N+](=O)[O-])c1)c1ccc(Cl)c(Cl)c1. The molecule has 1 amide bonds. The fourth-order valence-electron chi connectivity index (χ4n) is 2.66. The Morgan fingerprint density at radius 3 is 2.50 bits per heavy atom. The Bertz CT molecular complexity index is 854. The molecule has 2 aromatic rings. The number of rotatable bonds is 4. The topological polar surface area (TPSA) is 84.7 Å². The van der Waals surface area contributed by atoms with Gasteiger partial charge in [-0.05, 0) is 30.3 Å². The molecule has 3 rings (SSSR count). The summed E-state index contributed by atoms with van der Waals surface area (Å²) in [6, 6.07) is 9.10. The molecule has 0 atom stereocenters. The molecule has 0 aliphatic carbocycles. The van der Waals surface area contributed by atoms with E-state index in [0.717, 1.165) is 0 Å². The van der Waals surface area contributed by atoms with Gasteiger partial charge in [-0.25, -0.2) is 0 Å². The van der Waals surface area contributed by atoms with E-state index >= 15 is 0 Å². The number of anilines is 2. The van der Waals surface area contributed by atoms with E-state index in [1.807, 2.05) is 4.90 Å². The van der Waals surface area contributed by atoms with Crippen LogP contribution in [0.2, 0.25) is 10.0 Å². The number of hydrogen-bond acceptors (Lipinski definition) is 5. The first kappa shape index (κ1) is 18.4. The van der Waals surface area contributed by atoms with E-state index in [1.54, 1.807) is 12.1 Å². The van der Waals surface area contributed by atoms with Gasteiger partial charge in [0.2, 0.25) is 0 Å². The molecule has 136 valence electrons. The van der Waals surface area contributed by atoms with Crippen LogP contribution >= 0.6 is 23.2 Å². The molecule has 1 aliphatic rings. The Morgan fingerprint density at radius 1 is 1.12 bits per heavy atom. The molecule has 1 saturated heterocycles. The van der Waals surface area contributed by atoms with Gasteiger partial charge in [0.25, 0.3) is 11.6 Å². The lowest BCUT2D eigenvalue weighted by Crippen LogP contribution is -2.36. The van der Waals surface area contributed by atoms with Crippen LogP contribution in [0.5, 0.6) is 0 Å². The first-order chi connectivity index (χ1) is 12.5. The van der Waals surface area contributed by atoms with Crippen molar-refractivity contribution in [1.29, 1.82) is 0 Å². The molecule has 0 aromatic heterocycles. The summed E-state index contributed by atoms with van der Waals surface area (Å²) in [7, 11) is 0. The minimum absolute atomic E-state index is 0.0705. The van der Waals surface area contributed by atoms with Crippen molar-refractivity contribution in [3.05, 3.63) is 62.1 Å². The Labute approximate surface area is 159 Å². The van der Waals surface area contributed by atoms with Gasteiger partial charge in [-0.1, -0.05) is 23.2 Å². The summed E-state index contributed by atoms with van der Waals surface area (Å²) in [4.78, 5) is 25.2. The molecule has 2 aromatic carbocycles. The van der Waals surface area contributed by atoms with Gasteiger partial charge in [0.15, 0.2) is 0 Å². The van der Waals surface area contributed by atoms with Gasteiger partial charge in [-0.15, -0.1) is 0 Å². The number of benzene rings is 2. The summed E-state index contributed by atoms with van der Waals surface area (Å²) in [5.41, 5.74) is 1.06. The fourth-order valence-corrected chi connectivity index (χ4v) is 2.96. The number of nitro benzene ring substituents is 1. The van der Waals surface area contributed by atoms with E-state index in [4.69, 9.17) is 27.9 Å². The molecule has 1 aliphatic heterocycles. The van der Waals surface area contributed by atoms with E-state index < -0.39 is 10.8 Å². The zero-order chi connectivity index (χ0) is 18.7. The first-order valence-corrected chi connectivity index (χ1v) is 8.59. The molecule has 0 unspecified atom stereocenters. The second-order valence-corrected chi connectivity index (χ2v) is 6.46. The molecule has 0 bridgehead atoms.